The number of hydrogen-bond acceptors (Lipinski definition) is 3. The van der Waals surface area contributed by atoms with Crippen LogP contribution in [0.5, 0.6) is 0 Å². The standard InChI is InChI=1S/C7H13NO2S.ClH/c8-5(6(9)10)7(11)3-1-2-4-7;/h5,11H,1-4,8H2,(H,9,10);1H. The predicted octanol–water partition coefficient (Wildman–Crippen LogP) is 1.06. The summed E-state index contributed by atoms with van der Waals surface area (Å²) in [5, 5.41) is 8.63. The summed E-state index contributed by atoms with van der Waals surface area (Å²) in [4.78, 5) is 10.5. The second kappa shape index (κ2) is 4.35. The van der Waals surface area contributed by atoms with Crippen molar-refractivity contribution in [1.29, 1.82) is 0 Å². The van der Waals surface area contributed by atoms with E-state index in [1.54, 1.807) is 0 Å². The van der Waals surface area contributed by atoms with Crippen LogP contribution in [0, 0.1) is 0 Å². The van der Waals surface area contributed by atoms with Gasteiger partial charge in [0.25, 0.3) is 0 Å². The van der Waals surface area contributed by atoms with Crippen molar-refractivity contribution in [3.05, 3.63) is 0 Å². The minimum Gasteiger partial charge on any atom is -0.480 e. The molecular formula is C7H14ClNO2S. The third kappa shape index (κ3) is 2.28. The van der Waals surface area contributed by atoms with E-state index in [4.69, 9.17) is 10.8 Å². The van der Waals surface area contributed by atoms with Gasteiger partial charge in [0.15, 0.2) is 0 Å². The Bertz CT molecular complexity index is 171. The first kappa shape index (κ1) is 12.1. The fourth-order valence-electron chi connectivity index (χ4n) is 1.53. The van der Waals surface area contributed by atoms with E-state index in [0.29, 0.717) is 0 Å². The molecule has 1 fully saturated rings. The van der Waals surface area contributed by atoms with Crippen molar-refractivity contribution < 1.29 is 9.90 Å². The second-order valence-electron chi connectivity index (χ2n) is 3.13. The van der Waals surface area contributed by atoms with E-state index < -0.39 is 16.8 Å². The molecule has 0 aliphatic heterocycles. The summed E-state index contributed by atoms with van der Waals surface area (Å²) < 4.78 is -0.453. The molecule has 72 valence electrons. The minimum atomic E-state index is -0.943. The van der Waals surface area contributed by atoms with Gasteiger partial charge in [-0.05, 0) is 12.8 Å². The molecule has 3 nitrogen and oxygen atoms in total. The van der Waals surface area contributed by atoms with Crippen LogP contribution in [0.1, 0.15) is 25.7 Å². The molecular weight excluding hydrogens is 198 g/mol. The summed E-state index contributed by atoms with van der Waals surface area (Å²) in [6.45, 7) is 0. The Kier molecular flexibility index (Phi) is 4.37. The van der Waals surface area contributed by atoms with Gasteiger partial charge in [-0.15, -0.1) is 12.4 Å². The highest BCUT2D eigenvalue weighted by molar-refractivity contribution is 7.82. The number of hydrogen-bond donors (Lipinski definition) is 3. The molecule has 0 aromatic carbocycles. The molecule has 1 unspecified atom stereocenters. The maximum absolute atomic E-state index is 10.5. The van der Waals surface area contributed by atoms with Crippen LogP contribution in [0.25, 0.3) is 0 Å². The van der Waals surface area contributed by atoms with Gasteiger partial charge in [-0.3, -0.25) is 4.79 Å². The number of halogens is 1. The third-order valence-corrected chi connectivity index (χ3v) is 3.04. The van der Waals surface area contributed by atoms with Crippen molar-refractivity contribution in [3.63, 3.8) is 0 Å². The van der Waals surface area contributed by atoms with E-state index >= 15 is 0 Å². The molecule has 0 saturated heterocycles. The Morgan fingerprint density at radius 1 is 1.50 bits per heavy atom. The van der Waals surface area contributed by atoms with Crippen LogP contribution in [0.4, 0.5) is 0 Å². The first-order valence-corrected chi connectivity index (χ1v) is 4.22. The molecule has 12 heavy (non-hydrogen) atoms. The van der Waals surface area contributed by atoms with Gasteiger partial charge in [0.1, 0.15) is 6.04 Å². The van der Waals surface area contributed by atoms with Crippen molar-refractivity contribution in [2.24, 2.45) is 5.73 Å². The van der Waals surface area contributed by atoms with Crippen LogP contribution in [0.2, 0.25) is 0 Å². The number of thiol groups is 1. The van der Waals surface area contributed by atoms with E-state index in [1.165, 1.54) is 0 Å². The van der Waals surface area contributed by atoms with Gasteiger partial charge >= 0.3 is 5.97 Å². The molecule has 0 bridgehead atoms. The quantitative estimate of drug-likeness (QED) is 0.599. The number of rotatable bonds is 2. The first-order chi connectivity index (χ1) is 5.06. The highest BCUT2D eigenvalue weighted by atomic mass is 35.5. The maximum Gasteiger partial charge on any atom is 0.321 e. The van der Waals surface area contributed by atoms with Crippen LogP contribution in [0.3, 0.4) is 0 Å². The Morgan fingerprint density at radius 3 is 2.25 bits per heavy atom. The fraction of sp³-hybridized carbons (Fsp3) is 0.857. The van der Waals surface area contributed by atoms with Crippen molar-refractivity contribution >= 4 is 31.0 Å². The molecule has 0 heterocycles. The number of nitrogens with two attached hydrogens (primary N) is 1. The number of aliphatic carboxylic acids is 1. The summed E-state index contributed by atoms with van der Waals surface area (Å²) in [6, 6.07) is -0.812. The average molecular weight is 212 g/mol. The van der Waals surface area contributed by atoms with Gasteiger partial charge in [-0.2, -0.15) is 12.6 Å². The topological polar surface area (TPSA) is 63.3 Å². The van der Waals surface area contributed by atoms with Crippen molar-refractivity contribution in [2.45, 2.75) is 36.5 Å². The lowest BCUT2D eigenvalue weighted by Gasteiger charge is -2.26. The van der Waals surface area contributed by atoms with E-state index in [9.17, 15) is 4.79 Å². The molecule has 0 radical (unpaired) electrons. The van der Waals surface area contributed by atoms with E-state index in [-0.39, 0.29) is 12.4 Å². The average Bonchev–Trinajstić information content (AvgIpc) is 2.35. The molecule has 3 N–H and O–H groups in total. The monoisotopic (exact) mass is 211 g/mol. The zero-order chi connectivity index (χ0) is 8.48. The summed E-state index contributed by atoms with van der Waals surface area (Å²) in [5.74, 6) is -0.943. The molecule has 0 amide bonds. The van der Waals surface area contributed by atoms with Crippen LogP contribution in [-0.2, 0) is 4.79 Å². The highest BCUT2D eigenvalue weighted by Crippen LogP contribution is 2.37. The SMILES string of the molecule is Cl.NC(C(=O)O)C1(S)CCCC1. The van der Waals surface area contributed by atoms with Gasteiger partial charge in [0.05, 0.1) is 0 Å². The fourth-order valence-corrected chi connectivity index (χ4v) is 1.95. The Balaban J connectivity index is 0.00000121. The van der Waals surface area contributed by atoms with Gasteiger partial charge in [-0.1, -0.05) is 12.8 Å². The summed E-state index contributed by atoms with van der Waals surface area (Å²) in [6.07, 6.45) is 3.74. The van der Waals surface area contributed by atoms with Gasteiger partial charge in [0.2, 0.25) is 0 Å². The third-order valence-electron chi connectivity index (χ3n) is 2.31. The molecule has 1 aliphatic rings. The molecule has 1 aliphatic carbocycles. The smallest absolute Gasteiger partial charge is 0.321 e. The maximum atomic E-state index is 10.5. The van der Waals surface area contributed by atoms with Gasteiger partial charge < -0.3 is 10.8 Å². The molecule has 0 aromatic rings. The molecule has 0 spiro atoms. The van der Waals surface area contributed by atoms with Crippen molar-refractivity contribution in [1.82, 2.24) is 0 Å². The number of carboxylic acids is 1. The Morgan fingerprint density at radius 2 is 1.92 bits per heavy atom. The predicted molar refractivity (Wildman–Crippen MR) is 53.0 cm³/mol. The van der Waals surface area contributed by atoms with E-state index in [2.05, 4.69) is 12.6 Å². The molecule has 1 rings (SSSR count). The summed E-state index contributed by atoms with van der Waals surface area (Å²) in [5.41, 5.74) is 5.48. The largest absolute Gasteiger partial charge is 0.480 e. The van der Waals surface area contributed by atoms with Crippen LogP contribution >= 0.6 is 25.0 Å². The van der Waals surface area contributed by atoms with Gasteiger partial charge in [0, 0.05) is 4.75 Å². The van der Waals surface area contributed by atoms with Crippen molar-refractivity contribution in [2.75, 3.05) is 0 Å². The zero-order valence-electron chi connectivity index (χ0n) is 6.69. The lowest BCUT2D eigenvalue weighted by molar-refractivity contribution is -0.139. The first-order valence-electron chi connectivity index (χ1n) is 3.77. The highest BCUT2D eigenvalue weighted by Gasteiger charge is 2.39. The lowest BCUT2D eigenvalue weighted by Crippen LogP contribution is -2.47. The molecule has 1 atom stereocenters. The van der Waals surface area contributed by atoms with Crippen LogP contribution in [0.15, 0.2) is 0 Å². The normalized spacial score (nSPS) is 22.8. The zero-order valence-corrected chi connectivity index (χ0v) is 8.40. The molecule has 0 aromatic heterocycles. The Labute approximate surface area is 83.5 Å². The molecule has 1 saturated carbocycles. The minimum absolute atomic E-state index is 0. The number of carbonyl (C=O) groups is 1. The lowest BCUT2D eigenvalue weighted by atomic mass is 9.98. The van der Waals surface area contributed by atoms with Gasteiger partial charge in [-0.25, -0.2) is 0 Å². The molecule has 5 heteroatoms. The Hall–Kier alpha value is 0.0700. The van der Waals surface area contributed by atoms with E-state index in [0.717, 1.165) is 25.7 Å². The van der Waals surface area contributed by atoms with Crippen LogP contribution < -0.4 is 5.73 Å². The summed E-state index contributed by atoms with van der Waals surface area (Å²) in [7, 11) is 0. The summed E-state index contributed by atoms with van der Waals surface area (Å²) >= 11 is 4.31. The second-order valence-corrected chi connectivity index (χ2v) is 4.02. The van der Waals surface area contributed by atoms with Crippen LogP contribution in [-0.4, -0.2) is 21.9 Å². The van der Waals surface area contributed by atoms with Crippen molar-refractivity contribution in [3.8, 4) is 0 Å². The number of carboxylic acid groups (broad SMARTS) is 1. The van der Waals surface area contributed by atoms with E-state index in [1.807, 2.05) is 0 Å².